The first-order valence-corrected chi connectivity index (χ1v) is 12.4. The van der Waals surface area contributed by atoms with Crippen molar-refractivity contribution in [3.8, 4) is 0 Å². The number of hydrogen-bond donors (Lipinski definition) is 2. The third kappa shape index (κ3) is 3.12. The molecule has 3 unspecified atom stereocenters. The predicted octanol–water partition coefficient (Wildman–Crippen LogP) is 6.36. The zero-order valence-corrected chi connectivity index (χ0v) is 19.5. The summed E-state index contributed by atoms with van der Waals surface area (Å²) in [7, 11) is 0. The predicted molar refractivity (Wildman–Crippen MR) is 119 cm³/mol. The van der Waals surface area contributed by atoms with E-state index in [0.29, 0.717) is 23.2 Å². The molecule has 2 heterocycles. The van der Waals surface area contributed by atoms with Gasteiger partial charge in [0.1, 0.15) is 12.2 Å². The highest BCUT2D eigenvalue weighted by Crippen LogP contribution is 2.66. The first kappa shape index (κ1) is 22.5. The van der Waals surface area contributed by atoms with Crippen LogP contribution in [0, 0.1) is 5.41 Å². The van der Waals surface area contributed by atoms with Crippen molar-refractivity contribution in [3.05, 3.63) is 63.5 Å². The van der Waals surface area contributed by atoms with Crippen molar-refractivity contribution >= 4 is 0 Å². The summed E-state index contributed by atoms with van der Waals surface area (Å²) < 4.78 is 46.4. The summed E-state index contributed by atoms with van der Waals surface area (Å²) in [5, 5.41) is 22.7. The van der Waals surface area contributed by atoms with Crippen LogP contribution in [0.1, 0.15) is 122 Å². The van der Waals surface area contributed by atoms with Gasteiger partial charge in [-0.05, 0) is 61.3 Å². The fourth-order valence-electron chi connectivity index (χ4n) is 6.66. The Morgan fingerprint density at radius 1 is 1.00 bits per heavy atom. The maximum absolute atomic E-state index is 13.2. The Hall–Kier alpha value is -1.96. The third-order valence-electron chi connectivity index (χ3n) is 8.56. The molecule has 0 saturated heterocycles. The number of alkyl halides is 3. The number of aliphatic hydroxyl groups is 2. The zero-order chi connectivity index (χ0) is 24.0. The van der Waals surface area contributed by atoms with Crippen LogP contribution >= 0.6 is 0 Å². The molecule has 7 heteroatoms. The van der Waals surface area contributed by atoms with Crippen molar-refractivity contribution in [1.29, 1.82) is 0 Å². The van der Waals surface area contributed by atoms with Gasteiger partial charge in [0, 0.05) is 22.2 Å². The van der Waals surface area contributed by atoms with Gasteiger partial charge in [0.15, 0.2) is 0 Å². The van der Waals surface area contributed by atoms with Crippen molar-refractivity contribution in [2.45, 2.75) is 94.8 Å². The van der Waals surface area contributed by atoms with Crippen molar-refractivity contribution in [1.82, 2.24) is 4.98 Å². The van der Waals surface area contributed by atoms with E-state index in [1.807, 2.05) is 13.8 Å². The molecule has 0 amide bonds. The summed E-state index contributed by atoms with van der Waals surface area (Å²) in [4.78, 5) is 4.97. The second-order valence-corrected chi connectivity index (χ2v) is 11.0. The highest BCUT2D eigenvalue weighted by atomic mass is 19.4. The topological polar surface area (TPSA) is 62.6 Å². The quantitative estimate of drug-likeness (QED) is 0.533. The number of aromatic nitrogens is 1. The van der Waals surface area contributed by atoms with Crippen molar-refractivity contribution in [2.75, 3.05) is 0 Å². The minimum atomic E-state index is -4.40. The number of halogens is 3. The standard InChI is InChI=1S/C27H30F3NO3/c1-14(2)21-19-20(18-17(32)13-25(11-12-25)24(33)22(18)31-21)26(9-3-4-10-26)34-23(19)15-5-7-16(8-6-15)27(28,29)30/h5-8,14,17,23-24,32-33H,3-4,9-13H2,1-2H3. The second-order valence-electron chi connectivity index (χ2n) is 11.0. The fraction of sp³-hybridized carbons (Fsp3) is 0.593. The number of fused-ring (bicyclic) bond motifs is 4. The maximum Gasteiger partial charge on any atom is 0.416 e. The average molecular weight is 474 g/mol. The van der Waals surface area contributed by atoms with E-state index in [1.165, 1.54) is 12.1 Å². The zero-order valence-electron chi connectivity index (χ0n) is 19.5. The number of ether oxygens (including phenoxy) is 1. The molecule has 34 heavy (non-hydrogen) atoms. The van der Waals surface area contributed by atoms with E-state index < -0.39 is 35.7 Å². The Bertz CT molecular complexity index is 1130. The van der Waals surface area contributed by atoms with Gasteiger partial charge in [-0.15, -0.1) is 0 Å². The van der Waals surface area contributed by atoms with Crippen LogP contribution in [0.5, 0.6) is 0 Å². The van der Waals surface area contributed by atoms with Crippen LogP contribution in [-0.2, 0) is 16.5 Å². The fourth-order valence-corrected chi connectivity index (χ4v) is 6.66. The summed E-state index contributed by atoms with van der Waals surface area (Å²) in [6.45, 7) is 4.08. The summed E-state index contributed by atoms with van der Waals surface area (Å²) in [6, 6.07) is 5.21. The minimum absolute atomic E-state index is 0.0255. The van der Waals surface area contributed by atoms with E-state index in [0.717, 1.165) is 67.5 Å². The van der Waals surface area contributed by atoms with Gasteiger partial charge in [-0.25, -0.2) is 0 Å². The van der Waals surface area contributed by atoms with Crippen LogP contribution in [0.4, 0.5) is 13.2 Å². The van der Waals surface area contributed by atoms with E-state index in [2.05, 4.69) is 0 Å². The van der Waals surface area contributed by atoms with Gasteiger partial charge in [-0.2, -0.15) is 13.2 Å². The van der Waals surface area contributed by atoms with Gasteiger partial charge in [0.05, 0.1) is 23.0 Å². The number of hydrogen-bond acceptors (Lipinski definition) is 4. The molecular weight excluding hydrogens is 443 g/mol. The van der Waals surface area contributed by atoms with E-state index in [9.17, 15) is 23.4 Å². The molecule has 1 aromatic carbocycles. The minimum Gasteiger partial charge on any atom is -0.388 e. The maximum atomic E-state index is 13.2. The molecule has 4 nitrogen and oxygen atoms in total. The molecule has 3 atom stereocenters. The summed E-state index contributed by atoms with van der Waals surface area (Å²) in [5.74, 6) is 0.0255. The van der Waals surface area contributed by atoms with Crippen molar-refractivity contribution in [2.24, 2.45) is 5.41 Å². The van der Waals surface area contributed by atoms with Gasteiger partial charge in [0.25, 0.3) is 0 Å². The lowest BCUT2D eigenvalue weighted by Gasteiger charge is -2.37. The molecule has 0 radical (unpaired) electrons. The second kappa shape index (κ2) is 7.28. The number of rotatable bonds is 2. The molecule has 2 saturated carbocycles. The van der Waals surface area contributed by atoms with Gasteiger partial charge in [-0.3, -0.25) is 4.98 Å². The Labute approximate surface area is 197 Å². The monoisotopic (exact) mass is 473 g/mol. The summed E-state index contributed by atoms with van der Waals surface area (Å²) in [5.41, 5.74) is 3.02. The van der Waals surface area contributed by atoms with E-state index in [1.54, 1.807) is 0 Å². The van der Waals surface area contributed by atoms with E-state index in [-0.39, 0.29) is 11.3 Å². The van der Waals surface area contributed by atoms with Gasteiger partial charge in [-0.1, -0.05) is 38.8 Å². The Morgan fingerprint density at radius 3 is 2.21 bits per heavy atom. The third-order valence-corrected chi connectivity index (χ3v) is 8.56. The molecule has 2 fully saturated rings. The van der Waals surface area contributed by atoms with Crippen molar-refractivity contribution < 1.29 is 28.1 Å². The lowest BCUT2D eigenvalue weighted by atomic mass is 9.73. The van der Waals surface area contributed by atoms with Crippen molar-refractivity contribution in [3.63, 3.8) is 0 Å². The molecule has 3 aliphatic carbocycles. The summed E-state index contributed by atoms with van der Waals surface area (Å²) in [6.07, 6.45) is -0.560. The number of nitrogens with zero attached hydrogens (tertiary/aromatic N) is 1. The number of benzene rings is 1. The Kier molecular flexibility index (Phi) is 4.82. The average Bonchev–Trinajstić information content (AvgIpc) is 3.27. The molecule has 1 aromatic heterocycles. The molecular formula is C27H30F3NO3. The SMILES string of the molecule is CC(C)c1nc2c(c3c1C(c1ccc(C(F)(F)F)cc1)OC31CCCC1)C(O)CC1(CC1)C2O. The van der Waals surface area contributed by atoms with E-state index in [4.69, 9.17) is 9.72 Å². The summed E-state index contributed by atoms with van der Waals surface area (Å²) >= 11 is 0. The first-order chi connectivity index (χ1) is 16.1. The molecule has 2 aromatic rings. The molecule has 4 aliphatic rings. The molecule has 0 bridgehead atoms. The van der Waals surface area contributed by atoms with Crippen LogP contribution in [0.3, 0.4) is 0 Å². The van der Waals surface area contributed by atoms with E-state index >= 15 is 0 Å². The normalized spacial score (nSPS) is 28.5. The van der Waals surface area contributed by atoms with Crippen LogP contribution in [0.2, 0.25) is 0 Å². The highest BCUT2D eigenvalue weighted by molar-refractivity contribution is 5.55. The lowest BCUT2D eigenvalue weighted by molar-refractivity contribution is -0.137. The lowest BCUT2D eigenvalue weighted by Crippen LogP contribution is -2.32. The van der Waals surface area contributed by atoms with Gasteiger partial charge < -0.3 is 14.9 Å². The molecule has 2 N–H and O–H groups in total. The Balaban J connectivity index is 1.58. The molecule has 1 aliphatic heterocycles. The first-order valence-electron chi connectivity index (χ1n) is 12.4. The molecule has 6 rings (SSSR count). The van der Waals surface area contributed by atoms with Crippen LogP contribution < -0.4 is 0 Å². The number of pyridine rings is 1. The largest absolute Gasteiger partial charge is 0.416 e. The number of aliphatic hydroxyl groups excluding tert-OH is 2. The highest BCUT2D eigenvalue weighted by Gasteiger charge is 2.59. The van der Waals surface area contributed by atoms with Crippen LogP contribution in [0.15, 0.2) is 24.3 Å². The van der Waals surface area contributed by atoms with Gasteiger partial charge in [0.2, 0.25) is 0 Å². The Morgan fingerprint density at radius 2 is 1.65 bits per heavy atom. The van der Waals surface area contributed by atoms with Gasteiger partial charge >= 0.3 is 6.18 Å². The molecule has 2 spiro atoms. The smallest absolute Gasteiger partial charge is 0.388 e. The molecule has 182 valence electrons. The van der Waals surface area contributed by atoms with Crippen LogP contribution in [-0.4, -0.2) is 15.2 Å². The van der Waals surface area contributed by atoms with Crippen LogP contribution in [0.25, 0.3) is 0 Å².